The van der Waals surface area contributed by atoms with E-state index in [1.807, 2.05) is 0 Å². The first-order valence-corrected chi connectivity index (χ1v) is 5.27. The van der Waals surface area contributed by atoms with Gasteiger partial charge in [0.25, 0.3) is 0 Å². The van der Waals surface area contributed by atoms with Gasteiger partial charge in [-0.05, 0) is 18.3 Å². The van der Waals surface area contributed by atoms with Crippen molar-refractivity contribution in [1.82, 2.24) is 4.90 Å². The second-order valence-electron chi connectivity index (χ2n) is 4.04. The van der Waals surface area contributed by atoms with Crippen LogP contribution in [0, 0.1) is 11.8 Å². The van der Waals surface area contributed by atoms with E-state index in [4.69, 9.17) is 5.73 Å². The molecule has 2 heterocycles. The van der Waals surface area contributed by atoms with Gasteiger partial charge in [0.2, 0.25) is 0 Å². The van der Waals surface area contributed by atoms with Crippen LogP contribution in [-0.4, -0.2) is 30.6 Å². The molecule has 3 fully saturated rings. The molecule has 2 atom stereocenters. The lowest BCUT2D eigenvalue weighted by Gasteiger charge is -2.52. The Labute approximate surface area is 81.9 Å². The first-order chi connectivity index (χ1) is 5.66. The van der Waals surface area contributed by atoms with E-state index in [0.29, 0.717) is 6.04 Å². The van der Waals surface area contributed by atoms with Crippen LogP contribution in [0.15, 0.2) is 11.1 Å². The number of fused-ring (bicyclic) bond motifs is 2. The normalized spacial score (nSPS) is 40.7. The molecule has 0 amide bonds. The highest BCUT2D eigenvalue weighted by Gasteiger charge is 2.44. The van der Waals surface area contributed by atoms with Gasteiger partial charge < -0.3 is 5.73 Å². The summed E-state index contributed by atoms with van der Waals surface area (Å²) in [5.41, 5.74) is 5.96. The quantitative estimate of drug-likeness (QED) is 0.773. The molecule has 1 aliphatic carbocycles. The summed E-state index contributed by atoms with van der Waals surface area (Å²) < 4.78 is 1.08. The standard InChI is InChI=1S/C9H15BrN2/c1-6(10)3-12-4-7-2-8(5-12)9(7)11/h7-9H,1-5,11H2. The van der Waals surface area contributed by atoms with Crippen LogP contribution in [0.25, 0.3) is 0 Å². The molecule has 0 spiro atoms. The Balaban J connectivity index is 1.86. The van der Waals surface area contributed by atoms with E-state index in [9.17, 15) is 0 Å². The van der Waals surface area contributed by atoms with Crippen molar-refractivity contribution in [3.8, 4) is 0 Å². The number of piperidine rings is 2. The monoisotopic (exact) mass is 230 g/mol. The van der Waals surface area contributed by atoms with Crippen LogP contribution in [0.1, 0.15) is 6.42 Å². The van der Waals surface area contributed by atoms with Gasteiger partial charge in [0.15, 0.2) is 0 Å². The summed E-state index contributed by atoms with van der Waals surface area (Å²) >= 11 is 3.39. The first-order valence-electron chi connectivity index (χ1n) is 4.48. The molecular formula is C9H15BrN2. The second kappa shape index (κ2) is 3.13. The third kappa shape index (κ3) is 1.45. The highest BCUT2D eigenvalue weighted by atomic mass is 79.9. The van der Waals surface area contributed by atoms with Crippen molar-refractivity contribution in [2.45, 2.75) is 12.5 Å². The van der Waals surface area contributed by atoms with E-state index in [2.05, 4.69) is 27.4 Å². The molecule has 3 heteroatoms. The Hall–Kier alpha value is 0.140. The minimum Gasteiger partial charge on any atom is -0.327 e. The van der Waals surface area contributed by atoms with E-state index in [-0.39, 0.29) is 0 Å². The molecule has 1 saturated carbocycles. The molecule has 12 heavy (non-hydrogen) atoms. The molecule has 2 nitrogen and oxygen atoms in total. The zero-order valence-electron chi connectivity index (χ0n) is 7.17. The molecule has 0 aromatic carbocycles. The summed E-state index contributed by atoms with van der Waals surface area (Å²) in [4.78, 5) is 2.44. The van der Waals surface area contributed by atoms with Crippen LogP contribution in [-0.2, 0) is 0 Å². The van der Waals surface area contributed by atoms with Crippen LogP contribution < -0.4 is 5.73 Å². The summed E-state index contributed by atoms with van der Waals surface area (Å²) in [6.45, 7) is 7.18. The minimum absolute atomic E-state index is 0.491. The van der Waals surface area contributed by atoms with Gasteiger partial charge in [-0.25, -0.2) is 0 Å². The summed E-state index contributed by atoms with van der Waals surface area (Å²) in [5, 5.41) is 0. The molecule has 2 aliphatic heterocycles. The fourth-order valence-electron chi connectivity index (χ4n) is 2.39. The highest BCUT2D eigenvalue weighted by molar-refractivity contribution is 9.11. The van der Waals surface area contributed by atoms with E-state index >= 15 is 0 Å². The molecule has 68 valence electrons. The highest BCUT2D eigenvalue weighted by Crippen LogP contribution is 2.38. The topological polar surface area (TPSA) is 29.3 Å². The van der Waals surface area contributed by atoms with Crippen molar-refractivity contribution < 1.29 is 0 Å². The van der Waals surface area contributed by atoms with Gasteiger partial charge in [0.05, 0.1) is 0 Å². The average molecular weight is 231 g/mol. The predicted molar refractivity (Wildman–Crippen MR) is 54.1 cm³/mol. The smallest absolute Gasteiger partial charge is 0.0294 e. The fourth-order valence-corrected chi connectivity index (χ4v) is 2.75. The second-order valence-corrected chi connectivity index (χ2v) is 5.17. The molecule has 0 aromatic heterocycles. The number of halogens is 1. The lowest BCUT2D eigenvalue weighted by Crippen LogP contribution is -2.61. The van der Waals surface area contributed by atoms with E-state index < -0.39 is 0 Å². The number of nitrogens with zero attached hydrogens (tertiary/aromatic N) is 1. The number of hydrogen-bond donors (Lipinski definition) is 1. The summed E-state index contributed by atoms with van der Waals surface area (Å²) in [7, 11) is 0. The van der Waals surface area contributed by atoms with Crippen LogP contribution in [0.2, 0.25) is 0 Å². The van der Waals surface area contributed by atoms with Crippen molar-refractivity contribution >= 4 is 15.9 Å². The van der Waals surface area contributed by atoms with Gasteiger partial charge in [-0.15, -0.1) is 0 Å². The SMILES string of the molecule is C=C(Br)CN1CC2CC(C1)C2N. The maximum atomic E-state index is 5.96. The van der Waals surface area contributed by atoms with E-state index in [0.717, 1.165) is 22.9 Å². The molecule has 2 unspecified atom stereocenters. The van der Waals surface area contributed by atoms with Crippen molar-refractivity contribution in [3.05, 3.63) is 11.1 Å². The van der Waals surface area contributed by atoms with Crippen molar-refractivity contribution in [3.63, 3.8) is 0 Å². The lowest BCUT2D eigenvalue weighted by atomic mass is 9.67. The Morgan fingerprint density at radius 1 is 1.50 bits per heavy atom. The third-order valence-corrected chi connectivity index (χ3v) is 3.33. The molecular weight excluding hydrogens is 216 g/mol. The van der Waals surface area contributed by atoms with E-state index in [1.54, 1.807) is 0 Å². The maximum Gasteiger partial charge on any atom is 0.0294 e. The van der Waals surface area contributed by atoms with Crippen LogP contribution >= 0.6 is 15.9 Å². The third-order valence-electron chi connectivity index (χ3n) is 3.07. The lowest BCUT2D eigenvalue weighted by molar-refractivity contribution is 0.00882. The van der Waals surface area contributed by atoms with Gasteiger partial charge >= 0.3 is 0 Å². The summed E-state index contributed by atoms with van der Waals surface area (Å²) in [6, 6.07) is 0.491. The Morgan fingerprint density at radius 3 is 2.50 bits per heavy atom. The van der Waals surface area contributed by atoms with Gasteiger partial charge in [0, 0.05) is 30.2 Å². The molecule has 2 saturated heterocycles. The van der Waals surface area contributed by atoms with Crippen LogP contribution in [0.3, 0.4) is 0 Å². The maximum absolute atomic E-state index is 5.96. The predicted octanol–water partition coefficient (Wildman–Crippen LogP) is 1.17. The van der Waals surface area contributed by atoms with Crippen molar-refractivity contribution in [1.29, 1.82) is 0 Å². The van der Waals surface area contributed by atoms with Gasteiger partial charge in [0.1, 0.15) is 0 Å². The van der Waals surface area contributed by atoms with Crippen molar-refractivity contribution in [2.24, 2.45) is 17.6 Å². The summed E-state index contributed by atoms with van der Waals surface area (Å²) in [6.07, 6.45) is 1.35. The minimum atomic E-state index is 0.491. The molecule has 3 aliphatic rings. The Bertz CT molecular complexity index is 193. The fraction of sp³-hybridized carbons (Fsp3) is 0.778. The molecule has 3 rings (SSSR count). The van der Waals surface area contributed by atoms with E-state index in [1.165, 1.54) is 19.5 Å². The Morgan fingerprint density at radius 2 is 2.08 bits per heavy atom. The molecule has 2 bridgehead atoms. The molecule has 2 N–H and O–H groups in total. The number of rotatable bonds is 2. The number of nitrogens with two attached hydrogens (primary N) is 1. The molecule has 0 aromatic rings. The zero-order chi connectivity index (χ0) is 8.72. The number of hydrogen-bond acceptors (Lipinski definition) is 2. The average Bonchev–Trinajstić information content (AvgIpc) is 2.02. The first kappa shape index (κ1) is 8.73. The largest absolute Gasteiger partial charge is 0.327 e. The zero-order valence-corrected chi connectivity index (χ0v) is 8.76. The summed E-state index contributed by atoms with van der Waals surface area (Å²) in [5.74, 6) is 1.52. The van der Waals surface area contributed by atoms with Crippen molar-refractivity contribution in [2.75, 3.05) is 19.6 Å². The molecule has 0 radical (unpaired) electrons. The van der Waals surface area contributed by atoms with Gasteiger partial charge in [-0.3, -0.25) is 4.90 Å². The van der Waals surface area contributed by atoms with Gasteiger partial charge in [-0.2, -0.15) is 0 Å². The van der Waals surface area contributed by atoms with Crippen LogP contribution in [0.5, 0.6) is 0 Å². The van der Waals surface area contributed by atoms with Gasteiger partial charge in [-0.1, -0.05) is 22.5 Å². The Kier molecular flexibility index (Phi) is 2.27. The van der Waals surface area contributed by atoms with Crippen LogP contribution in [0.4, 0.5) is 0 Å².